The predicted octanol–water partition coefficient (Wildman–Crippen LogP) is 0.925. The number of aromatic nitrogens is 2. The quantitative estimate of drug-likeness (QED) is 0.816. The number of aromatic amines is 1. The van der Waals surface area contributed by atoms with Crippen LogP contribution in [0.2, 0.25) is 0 Å². The minimum atomic E-state index is -0.439. The van der Waals surface area contributed by atoms with Crippen LogP contribution in [0.5, 0.6) is 0 Å². The minimum Gasteiger partial charge on any atom is -0.351 e. The average molecular weight is 344 g/mol. The molecule has 0 spiro atoms. The number of H-pyrrole nitrogens is 1. The van der Waals surface area contributed by atoms with Crippen LogP contribution < -0.4 is 16.6 Å². The van der Waals surface area contributed by atoms with Gasteiger partial charge in [-0.2, -0.15) is 0 Å². The summed E-state index contributed by atoms with van der Waals surface area (Å²) in [6.45, 7) is 5.91. The van der Waals surface area contributed by atoms with Gasteiger partial charge in [-0.25, -0.2) is 4.79 Å². The lowest BCUT2D eigenvalue weighted by molar-refractivity contribution is 0.0950. The Morgan fingerprint density at radius 2 is 1.96 bits per heavy atom. The first-order valence-electron chi connectivity index (χ1n) is 8.87. The van der Waals surface area contributed by atoms with Crippen molar-refractivity contribution in [3.8, 4) is 0 Å². The predicted molar refractivity (Wildman–Crippen MR) is 97.1 cm³/mol. The lowest BCUT2D eigenvalue weighted by Crippen LogP contribution is -2.35. The van der Waals surface area contributed by atoms with E-state index in [9.17, 15) is 14.4 Å². The van der Waals surface area contributed by atoms with E-state index in [1.165, 1.54) is 17.4 Å². The average Bonchev–Trinajstić information content (AvgIpc) is 3.11. The molecule has 1 aliphatic heterocycles. The Morgan fingerprint density at radius 1 is 1.20 bits per heavy atom. The van der Waals surface area contributed by atoms with E-state index in [-0.39, 0.29) is 11.5 Å². The highest BCUT2D eigenvalue weighted by atomic mass is 16.2. The molecule has 0 bridgehead atoms. The van der Waals surface area contributed by atoms with E-state index < -0.39 is 5.69 Å². The van der Waals surface area contributed by atoms with Crippen molar-refractivity contribution in [1.82, 2.24) is 19.8 Å². The number of amides is 1. The van der Waals surface area contributed by atoms with Gasteiger partial charge in [0.25, 0.3) is 11.5 Å². The van der Waals surface area contributed by atoms with Crippen LogP contribution in [-0.4, -0.2) is 46.5 Å². The molecule has 0 unspecified atom stereocenters. The topological polar surface area (TPSA) is 87.2 Å². The second-order valence-corrected chi connectivity index (χ2v) is 6.45. The molecule has 2 N–H and O–H groups in total. The van der Waals surface area contributed by atoms with Gasteiger partial charge in [-0.05, 0) is 50.6 Å². The molecule has 0 aliphatic carbocycles. The zero-order valence-electron chi connectivity index (χ0n) is 14.5. The summed E-state index contributed by atoms with van der Waals surface area (Å²) in [5.74, 6) is -0.195. The fourth-order valence-electron chi connectivity index (χ4n) is 3.26. The molecule has 0 atom stereocenters. The Balaban J connectivity index is 1.76. The Hall–Kier alpha value is -2.41. The number of carbonyl (C=O) groups excluding carboxylic acids is 1. The van der Waals surface area contributed by atoms with E-state index in [2.05, 4.69) is 15.2 Å². The Bertz CT molecular complexity index is 878. The van der Waals surface area contributed by atoms with Crippen LogP contribution in [0, 0.1) is 0 Å². The lowest BCUT2D eigenvalue weighted by atomic mass is 10.1. The first-order valence-corrected chi connectivity index (χ1v) is 8.87. The van der Waals surface area contributed by atoms with Gasteiger partial charge in [0, 0.05) is 25.2 Å². The van der Waals surface area contributed by atoms with Crippen molar-refractivity contribution in [2.75, 3.05) is 26.2 Å². The fraction of sp³-hybridized carbons (Fsp3) is 0.500. The highest BCUT2D eigenvalue weighted by molar-refractivity contribution is 5.97. The fourth-order valence-corrected chi connectivity index (χ4v) is 3.26. The number of hydrogen-bond donors (Lipinski definition) is 2. The summed E-state index contributed by atoms with van der Waals surface area (Å²) in [5, 5.41) is 3.31. The van der Waals surface area contributed by atoms with E-state index in [0.717, 1.165) is 19.6 Å². The van der Waals surface area contributed by atoms with Crippen molar-refractivity contribution in [1.29, 1.82) is 0 Å². The number of rotatable bonds is 6. The van der Waals surface area contributed by atoms with Crippen molar-refractivity contribution in [3.63, 3.8) is 0 Å². The third-order valence-electron chi connectivity index (χ3n) is 4.60. The summed E-state index contributed by atoms with van der Waals surface area (Å²) < 4.78 is 1.19. The van der Waals surface area contributed by atoms with Gasteiger partial charge in [-0.3, -0.25) is 14.2 Å². The first-order chi connectivity index (χ1) is 12.1. The van der Waals surface area contributed by atoms with Crippen molar-refractivity contribution in [2.45, 2.75) is 32.7 Å². The molecule has 2 heterocycles. The van der Waals surface area contributed by atoms with E-state index in [1.807, 2.05) is 6.92 Å². The van der Waals surface area contributed by atoms with E-state index >= 15 is 0 Å². The summed E-state index contributed by atoms with van der Waals surface area (Å²) in [6, 6.07) is 4.80. The Labute approximate surface area is 145 Å². The van der Waals surface area contributed by atoms with Crippen molar-refractivity contribution >= 4 is 16.8 Å². The van der Waals surface area contributed by atoms with Gasteiger partial charge in [0.1, 0.15) is 0 Å². The maximum atomic E-state index is 12.4. The number of likely N-dealkylation sites (tertiary alicyclic amines) is 1. The molecule has 7 nitrogen and oxygen atoms in total. The Kier molecular flexibility index (Phi) is 5.33. The number of carbonyl (C=O) groups is 1. The molecule has 1 amide bonds. The summed E-state index contributed by atoms with van der Waals surface area (Å²) in [4.78, 5) is 41.7. The monoisotopic (exact) mass is 344 g/mol. The van der Waals surface area contributed by atoms with Gasteiger partial charge in [-0.15, -0.1) is 0 Å². The van der Waals surface area contributed by atoms with E-state index in [4.69, 9.17) is 0 Å². The molecule has 7 heteroatoms. The molecule has 1 aliphatic rings. The SMILES string of the molecule is CCCn1c(=O)[nH]c2cc(C(=O)NCCN3CCCC3)ccc2c1=O. The summed E-state index contributed by atoms with van der Waals surface area (Å²) in [5.41, 5.74) is 0.0827. The normalized spacial score (nSPS) is 14.9. The molecule has 3 rings (SSSR count). The van der Waals surface area contributed by atoms with Crippen LogP contribution in [0.1, 0.15) is 36.5 Å². The first kappa shape index (κ1) is 17.4. The van der Waals surface area contributed by atoms with Gasteiger partial charge in [0.05, 0.1) is 10.9 Å². The van der Waals surface area contributed by atoms with Crippen LogP contribution >= 0.6 is 0 Å². The van der Waals surface area contributed by atoms with Gasteiger partial charge in [0.2, 0.25) is 0 Å². The van der Waals surface area contributed by atoms with Crippen LogP contribution in [0.3, 0.4) is 0 Å². The second kappa shape index (κ2) is 7.65. The molecule has 1 aromatic carbocycles. The standard InChI is InChI=1S/C18H24N4O3/c1-2-8-22-17(24)14-6-5-13(12-15(14)20-18(22)25)16(23)19-7-11-21-9-3-4-10-21/h5-6,12H,2-4,7-11H2,1H3,(H,19,23)(H,20,25). The maximum absolute atomic E-state index is 12.4. The molecular weight excluding hydrogens is 320 g/mol. The highest BCUT2D eigenvalue weighted by Gasteiger charge is 2.13. The van der Waals surface area contributed by atoms with Crippen LogP contribution in [0.4, 0.5) is 0 Å². The maximum Gasteiger partial charge on any atom is 0.328 e. The number of nitrogens with zero attached hydrogens (tertiary/aromatic N) is 2. The molecule has 0 radical (unpaired) electrons. The molecule has 1 fully saturated rings. The second-order valence-electron chi connectivity index (χ2n) is 6.45. The van der Waals surface area contributed by atoms with Crippen LogP contribution in [-0.2, 0) is 6.54 Å². The zero-order chi connectivity index (χ0) is 17.8. The van der Waals surface area contributed by atoms with Gasteiger partial charge >= 0.3 is 5.69 Å². The summed E-state index contributed by atoms with van der Waals surface area (Å²) >= 11 is 0. The molecule has 134 valence electrons. The highest BCUT2D eigenvalue weighted by Crippen LogP contribution is 2.10. The molecule has 0 saturated carbocycles. The molecule has 2 aromatic rings. The Morgan fingerprint density at radius 3 is 2.68 bits per heavy atom. The molecule has 1 saturated heterocycles. The number of fused-ring (bicyclic) bond motifs is 1. The van der Waals surface area contributed by atoms with Crippen molar-refractivity contribution < 1.29 is 4.79 Å². The number of nitrogens with one attached hydrogen (secondary N) is 2. The molecule has 25 heavy (non-hydrogen) atoms. The van der Waals surface area contributed by atoms with E-state index in [1.54, 1.807) is 18.2 Å². The van der Waals surface area contributed by atoms with Crippen molar-refractivity contribution in [2.24, 2.45) is 0 Å². The smallest absolute Gasteiger partial charge is 0.328 e. The largest absolute Gasteiger partial charge is 0.351 e. The summed E-state index contributed by atoms with van der Waals surface area (Å²) in [6.07, 6.45) is 3.15. The van der Waals surface area contributed by atoms with Crippen molar-refractivity contribution in [3.05, 3.63) is 44.6 Å². The third-order valence-corrected chi connectivity index (χ3v) is 4.60. The van der Waals surface area contributed by atoms with Gasteiger partial charge in [-0.1, -0.05) is 6.92 Å². The van der Waals surface area contributed by atoms with Crippen LogP contribution in [0.15, 0.2) is 27.8 Å². The van der Waals surface area contributed by atoms with Gasteiger partial charge < -0.3 is 15.2 Å². The minimum absolute atomic E-state index is 0.195. The number of benzene rings is 1. The summed E-state index contributed by atoms with van der Waals surface area (Å²) in [7, 11) is 0. The van der Waals surface area contributed by atoms with Crippen LogP contribution in [0.25, 0.3) is 10.9 Å². The lowest BCUT2D eigenvalue weighted by Gasteiger charge is -2.14. The van der Waals surface area contributed by atoms with Gasteiger partial charge in [0.15, 0.2) is 0 Å². The molecular formula is C18H24N4O3. The third kappa shape index (κ3) is 3.82. The van der Waals surface area contributed by atoms with E-state index in [0.29, 0.717) is 36.0 Å². The number of hydrogen-bond acceptors (Lipinski definition) is 4. The zero-order valence-corrected chi connectivity index (χ0v) is 14.5. The molecule has 1 aromatic heterocycles.